The molecule has 0 aliphatic carbocycles. The number of carbonyl (C=O) groups is 1. The zero-order valence-corrected chi connectivity index (χ0v) is 19.1. The third kappa shape index (κ3) is 7.49. The highest BCUT2D eigenvalue weighted by Crippen LogP contribution is 2.22. The lowest BCUT2D eigenvalue weighted by molar-refractivity contribution is -0.121. The van der Waals surface area contributed by atoms with E-state index in [2.05, 4.69) is 16.9 Å². The monoisotopic (exact) mass is 434 g/mol. The summed E-state index contributed by atoms with van der Waals surface area (Å²) in [7, 11) is 3.31. The summed E-state index contributed by atoms with van der Waals surface area (Å²) in [5, 5.41) is 6.54. The average molecular weight is 435 g/mol. The molecular formula is C22H30N2O3S2. The maximum Gasteiger partial charge on any atom is 0.234 e. The third-order valence-corrected chi connectivity index (χ3v) is 5.88. The summed E-state index contributed by atoms with van der Waals surface area (Å²) >= 11 is 3.46. The van der Waals surface area contributed by atoms with Gasteiger partial charge in [0.05, 0.1) is 26.8 Å². The molecule has 2 atom stereocenters. The molecule has 0 fully saturated rings. The Balaban J connectivity index is 1.97. The number of rotatable bonds is 12. The summed E-state index contributed by atoms with van der Waals surface area (Å²) in [4.78, 5) is 12.6. The Labute approximate surface area is 182 Å². The van der Waals surface area contributed by atoms with E-state index in [1.54, 1.807) is 37.7 Å². The van der Waals surface area contributed by atoms with Gasteiger partial charge in [-0.3, -0.25) is 4.79 Å². The minimum Gasteiger partial charge on any atom is -0.497 e. The molecule has 0 heterocycles. The Morgan fingerprint density at radius 1 is 0.828 bits per heavy atom. The van der Waals surface area contributed by atoms with E-state index in [0.29, 0.717) is 0 Å². The van der Waals surface area contributed by atoms with Gasteiger partial charge in [0, 0.05) is 17.5 Å². The molecule has 7 heteroatoms. The van der Waals surface area contributed by atoms with Gasteiger partial charge < -0.3 is 20.1 Å². The fraction of sp³-hybridized carbons (Fsp3) is 0.409. The summed E-state index contributed by atoms with van der Waals surface area (Å²) in [6.45, 7) is 0.262. The summed E-state index contributed by atoms with van der Waals surface area (Å²) in [5.41, 5.74) is 2.22. The molecule has 0 aliphatic heterocycles. The molecule has 0 saturated heterocycles. The number of ether oxygens (including phenoxy) is 2. The Hall–Kier alpha value is -1.83. The van der Waals surface area contributed by atoms with Gasteiger partial charge in [-0.1, -0.05) is 24.3 Å². The molecular weight excluding hydrogens is 404 g/mol. The van der Waals surface area contributed by atoms with Crippen LogP contribution in [0.25, 0.3) is 0 Å². The lowest BCUT2D eigenvalue weighted by atomic mass is 10.1. The normalized spacial score (nSPS) is 12.8. The number of nitrogens with one attached hydrogen (secondary N) is 2. The van der Waals surface area contributed by atoms with Crippen molar-refractivity contribution in [1.82, 2.24) is 10.6 Å². The van der Waals surface area contributed by atoms with Gasteiger partial charge in [0.15, 0.2) is 0 Å². The van der Waals surface area contributed by atoms with Crippen LogP contribution in [0.4, 0.5) is 0 Å². The summed E-state index contributed by atoms with van der Waals surface area (Å²) < 4.78 is 10.5. The van der Waals surface area contributed by atoms with Gasteiger partial charge in [-0.15, -0.1) is 0 Å². The van der Waals surface area contributed by atoms with E-state index in [1.807, 2.05) is 54.8 Å². The van der Waals surface area contributed by atoms with Crippen LogP contribution in [0.2, 0.25) is 0 Å². The first-order valence-electron chi connectivity index (χ1n) is 9.39. The van der Waals surface area contributed by atoms with E-state index in [9.17, 15) is 4.79 Å². The van der Waals surface area contributed by atoms with E-state index in [-0.39, 0.29) is 24.5 Å². The molecule has 0 saturated carbocycles. The van der Waals surface area contributed by atoms with Crippen LogP contribution in [0.1, 0.15) is 23.2 Å². The van der Waals surface area contributed by atoms with Crippen molar-refractivity contribution in [3.63, 3.8) is 0 Å². The SMILES string of the molecule is COc1ccc(C(CSC)NCC(=O)NC(CSC)c2ccc(OC)cc2)cc1. The maximum atomic E-state index is 12.6. The van der Waals surface area contributed by atoms with E-state index >= 15 is 0 Å². The largest absolute Gasteiger partial charge is 0.497 e. The van der Waals surface area contributed by atoms with Crippen molar-refractivity contribution < 1.29 is 14.3 Å². The van der Waals surface area contributed by atoms with Gasteiger partial charge in [-0.05, 0) is 47.9 Å². The van der Waals surface area contributed by atoms with Crippen molar-refractivity contribution >= 4 is 29.4 Å². The molecule has 5 nitrogen and oxygen atoms in total. The number of methoxy groups -OCH3 is 2. The first-order chi connectivity index (χ1) is 14.1. The van der Waals surface area contributed by atoms with Crippen LogP contribution < -0.4 is 20.1 Å². The molecule has 0 radical (unpaired) electrons. The van der Waals surface area contributed by atoms with E-state index < -0.39 is 0 Å². The first-order valence-corrected chi connectivity index (χ1v) is 12.2. The predicted molar refractivity (Wildman–Crippen MR) is 124 cm³/mol. The second-order valence-electron chi connectivity index (χ2n) is 6.51. The number of hydrogen-bond acceptors (Lipinski definition) is 6. The lowest BCUT2D eigenvalue weighted by Gasteiger charge is -2.21. The number of carbonyl (C=O) groups excluding carboxylic acids is 1. The highest BCUT2D eigenvalue weighted by Gasteiger charge is 2.17. The molecule has 2 aromatic carbocycles. The topological polar surface area (TPSA) is 59.6 Å². The molecule has 158 valence electrons. The Morgan fingerprint density at radius 2 is 1.28 bits per heavy atom. The number of hydrogen-bond donors (Lipinski definition) is 2. The molecule has 0 bridgehead atoms. The molecule has 2 rings (SSSR count). The zero-order chi connectivity index (χ0) is 21.1. The smallest absolute Gasteiger partial charge is 0.234 e. The number of amides is 1. The van der Waals surface area contributed by atoms with Crippen molar-refractivity contribution in [1.29, 1.82) is 0 Å². The average Bonchev–Trinajstić information content (AvgIpc) is 2.76. The van der Waals surface area contributed by atoms with E-state index in [4.69, 9.17) is 9.47 Å². The van der Waals surface area contributed by atoms with E-state index in [1.165, 1.54) is 0 Å². The molecule has 0 aromatic heterocycles. The molecule has 0 spiro atoms. The highest BCUT2D eigenvalue weighted by atomic mass is 32.2. The lowest BCUT2D eigenvalue weighted by Crippen LogP contribution is -2.39. The Morgan fingerprint density at radius 3 is 1.72 bits per heavy atom. The fourth-order valence-corrected chi connectivity index (χ4v) is 4.21. The van der Waals surface area contributed by atoms with Crippen molar-refractivity contribution in [3.05, 3.63) is 59.7 Å². The molecule has 1 amide bonds. The van der Waals surface area contributed by atoms with Crippen LogP contribution >= 0.6 is 23.5 Å². The fourth-order valence-electron chi connectivity index (χ4n) is 2.96. The zero-order valence-electron chi connectivity index (χ0n) is 17.4. The minimum absolute atomic E-state index is 0.0144. The van der Waals surface area contributed by atoms with Crippen molar-refractivity contribution in [2.75, 3.05) is 44.8 Å². The van der Waals surface area contributed by atoms with Crippen molar-refractivity contribution in [3.8, 4) is 11.5 Å². The number of thioether (sulfide) groups is 2. The molecule has 0 aliphatic rings. The highest BCUT2D eigenvalue weighted by molar-refractivity contribution is 7.98. The molecule has 2 unspecified atom stereocenters. The van der Waals surface area contributed by atoms with Crippen LogP contribution in [0.5, 0.6) is 11.5 Å². The number of benzene rings is 2. The molecule has 2 aromatic rings. The van der Waals surface area contributed by atoms with Crippen molar-refractivity contribution in [2.24, 2.45) is 0 Å². The quantitative estimate of drug-likeness (QED) is 0.528. The van der Waals surface area contributed by atoms with Gasteiger partial charge >= 0.3 is 0 Å². The van der Waals surface area contributed by atoms with Gasteiger partial charge in [0.25, 0.3) is 0 Å². The minimum atomic E-state index is -0.0369. The standard InChI is InChI=1S/C22H30N2O3S2/c1-26-18-9-5-16(6-10-18)20(14-28-3)23-13-22(25)24-21(15-29-4)17-7-11-19(27-2)12-8-17/h5-12,20-21,23H,13-15H2,1-4H3,(H,24,25). The summed E-state index contributed by atoms with van der Waals surface area (Å²) in [6.07, 6.45) is 4.11. The van der Waals surface area contributed by atoms with Crippen LogP contribution in [0.3, 0.4) is 0 Å². The second kappa shape index (κ2) is 12.7. The molecule has 29 heavy (non-hydrogen) atoms. The van der Waals surface area contributed by atoms with Crippen molar-refractivity contribution in [2.45, 2.75) is 12.1 Å². The van der Waals surface area contributed by atoms with Crippen LogP contribution in [-0.2, 0) is 4.79 Å². The van der Waals surface area contributed by atoms with Gasteiger partial charge in [0.2, 0.25) is 5.91 Å². The van der Waals surface area contributed by atoms with E-state index in [0.717, 1.165) is 34.1 Å². The van der Waals surface area contributed by atoms with Gasteiger partial charge in [-0.25, -0.2) is 0 Å². The molecule has 2 N–H and O–H groups in total. The predicted octanol–water partition coefficient (Wildman–Crippen LogP) is 3.92. The van der Waals surface area contributed by atoms with Gasteiger partial charge in [0.1, 0.15) is 11.5 Å². The van der Waals surface area contributed by atoms with Gasteiger partial charge in [-0.2, -0.15) is 23.5 Å². The second-order valence-corrected chi connectivity index (χ2v) is 8.33. The Bertz CT molecular complexity index is 739. The Kier molecular flexibility index (Phi) is 10.2. The van der Waals surface area contributed by atoms with Crippen LogP contribution in [-0.4, -0.2) is 50.7 Å². The first kappa shape index (κ1) is 23.4. The third-order valence-electron chi connectivity index (χ3n) is 4.55. The van der Waals surface area contributed by atoms with Crippen LogP contribution in [0.15, 0.2) is 48.5 Å². The summed E-state index contributed by atoms with van der Waals surface area (Å²) in [6, 6.07) is 15.9. The maximum absolute atomic E-state index is 12.6. The summed E-state index contributed by atoms with van der Waals surface area (Å²) in [5.74, 6) is 3.31. The van der Waals surface area contributed by atoms with Crippen LogP contribution in [0, 0.1) is 0 Å².